The smallest absolute Gasteiger partial charge is 0.251 e. The minimum absolute atomic E-state index is 0.131. The Kier molecular flexibility index (Phi) is 7.48. The van der Waals surface area contributed by atoms with Crippen LogP contribution in [0.3, 0.4) is 0 Å². The van der Waals surface area contributed by atoms with Gasteiger partial charge in [0.05, 0.1) is 6.54 Å². The molecule has 1 aliphatic rings. The first-order chi connectivity index (χ1) is 14.6. The summed E-state index contributed by atoms with van der Waals surface area (Å²) in [5.74, 6) is 0.542. The van der Waals surface area contributed by atoms with Gasteiger partial charge in [-0.05, 0) is 55.5 Å². The highest BCUT2D eigenvalue weighted by Crippen LogP contribution is 2.17. The van der Waals surface area contributed by atoms with E-state index in [9.17, 15) is 14.3 Å². The number of nitrogens with zero attached hydrogens (tertiary/aromatic N) is 3. The van der Waals surface area contributed by atoms with Crippen LogP contribution < -0.4 is 15.5 Å². The molecule has 0 aliphatic carbocycles. The molecule has 1 amide bonds. The van der Waals surface area contributed by atoms with Crippen LogP contribution in [0, 0.1) is 5.82 Å². The minimum Gasteiger partial charge on any atom is -0.508 e. The number of halogens is 1. The number of phenols is 1. The third-order valence-electron chi connectivity index (χ3n) is 4.89. The van der Waals surface area contributed by atoms with Crippen LogP contribution in [0.4, 0.5) is 10.1 Å². The fourth-order valence-electron chi connectivity index (χ4n) is 3.30. The predicted molar refractivity (Wildman–Crippen MR) is 117 cm³/mol. The van der Waals surface area contributed by atoms with Crippen LogP contribution in [-0.2, 0) is 0 Å². The van der Waals surface area contributed by atoms with Crippen molar-refractivity contribution >= 4 is 17.6 Å². The average Bonchev–Trinajstić information content (AvgIpc) is 2.77. The summed E-state index contributed by atoms with van der Waals surface area (Å²) in [5.41, 5.74) is 1.52. The van der Waals surface area contributed by atoms with Gasteiger partial charge in [-0.2, -0.15) is 0 Å². The summed E-state index contributed by atoms with van der Waals surface area (Å²) in [6, 6.07) is 12.7. The van der Waals surface area contributed by atoms with Gasteiger partial charge in [0, 0.05) is 50.5 Å². The lowest BCUT2D eigenvalue weighted by molar-refractivity contribution is 0.0954. The highest BCUT2D eigenvalue weighted by molar-refractivity contribution is 5.94. The molecule has 0 atom stereocenters. The van der Waals surface area contributed by atoms with Gasteiger partial charge >= 0.3 is 0 Å². The molecule has 8 heteroatoms. The molecule has 0 radical (unpaired) electrons. The Hall–Kier alpha value is -3.29. The Morgan fingerprint density at radius 3 is 2.33 bits per heavy atom. The van der Waals surface area contributed by atoms with E-state index in [0.717, 1.165) is 44.4 Å². The summed E-state index contributed by atoms with van der Waals surface area (Å²) < 4.78 is 13.1. The molecule has 1 heterocycles. The van der Waals surface area contributed by atoms with Crippen LogP contribution in [0.15, 0.2) is 53.5 Å². The van der Waals surface area contributed by atoms with Crippen molar-refractivity contribution < 1.29 is 14.3 Å². The molecule has 0 aromatic heterocycles. The first kappa shape index (κ1) is 21.4. The maximum Gasteiger partial charge on any atom is 0.251 e. The fraction of sp³-hybridized carbons (Fsp3) is 0.364. The zero-order valence-corrected chi connectivity index (χ0v) is 17.1. The molecule has 2 aromatic carbocycles. The Labute approximate surface area is 176 Å². The summed E-state index contributed by atoms with van der Waals surface area (Å²) in [7, 11) is 0. The highest BCUT2D eigenvalue weighted by Gasteiger charge is 2.19. The van der Waals surface area contributed by atoms with Crippen molar-refractivity contribution in [3.63, 3.8) is 0 Å². The van der Waals surface area contributed by atoms with Gasteiger partial charge in [0.15, 0.2) is 5.96 Å². The van der Waals surface area contributed by atoms with E-state index in [1.165, 1.54) is 24.3 Å². The maximum atomic E-state index is 13.1. The Morgan fingerprint density at radius 2 is 1.70 bits per heavy atom. The molecule has 7 nitrogen and oxygen atoms in total. The highest BCUT2D eigenvalue weighted by atomic mass is 19.1. The molecule has 0 saturated carbocycles. The molecule has 2 aromatic rings. The van der Waals surface area contributed by atoms with Gasteiger partial charge in [-0.1, -0.05) is 0 Å². The van der Waals surface area contributed by atoms with Crippen LogP contribution in [0.1, 0.15) is 17.3 Å². The number of aliphatic imine (C=N–C) groups is 1. The molecule has 0 bridgehead atoms. The van der Waals surface area contributed by atoms with Gasteiger partial charge in [-0.3, -0.25) is 9.79 Å². The van der Waals surface area contributed by atoms with Crippen molar-refractivity contribution in [1.82, 2.24) is 15.5 Å². The van der Waals surface area contributed by atoms with Crippen molar-refractivity contribution in [2.45, 2.75) is 6.92 Å². The second kappa shape index (κ2) is 10.5. The van der Waals surface area contributed by atoms with E-state index < -0.39 is 0 Å². The Balaban J connectivity index is 1.49. The van der Waals surface area contributed by atoms with Gasteiger partial charge in [0.25, 0.3) is 5.91 Å². The monoisotopic (exact) mass is 413 g/mol. The van der Waals surface area contributed by atoms with Crippen LogP contribution in [0.5, 0.6) is 5.75 Å². The van der Waals surface area contributed by atoms with Crippen LogP contribution in [0.2, 0.25) is 0 Å². The molecular weight excluding hydrogens is 385 g/mol. The van der Waals surface area contributed by atoms with E-state index in [2.05, 4.69) is 25.4 Å². The number of hydrogen-bond acceptors (Lipinski definition) is 4. The topological polar surface area (TPSA) is 80.2 Å². The van der Waals surface area contributed by atoms with E-state index in [4.69, 9.17) is 0 Å². The van der Waals surface area contributed by atoms with Crippen LogP contribution >= 0.6 is 0 Å². The maximum absolute atomic E-state index is 13.1. The molecule has 0 spiro atoms. The van der Waals surface area contributed by atoms with E-state index in [1.807, 2.05) is 6.92 Å². The number of guanidine groups is 1. The molecule has 3 rings (SSSR count). The van der Waals surface area contributed by atoms with E-state index in [-0.39, 0.29) is 17.5 Å². The van der Waals surface area contributed by atoms with Crippen molar-refractivity contribution in [1.29, 1.82) is 0 Å². The molecule has 1 saturated heterocycles. The SMILES string of the molecule is CCNC(=NCCNC(=O)c1ccc(O)cc1)N1CCN(c2ccc(F)cc2)CC1. The van der Waals surface area contributed by atoms with Gasteiger partial charge in [0.2, 0.25) is 0 Å². The van der Waals surface area contributed by atoms with Gasteiger partial charge in [-0.15, -0.1) is 0 Å². The third-order valence-corrected chi connectivity index (χ3v) is 4.89. The quantitative estimate of drug-likeness (QED) is 0.384. The van der Waals surface area contributed by atoms with Crippen molar-refractivity contribution in [3.8, 4) is 5.75 Å². The van der Waals surface area contributed by atoms with E-state index in [0.29, 0.717) is 18.7 Å². The molecule has 30 heavy (non-hydrogen) atoms. The second-order valence-corrected chi connectivity index (χ2v) is 6.99. The largest absolute Gasteiger partial charge is 0.508 e. The second-order valence-electron chi connectivity index (χ2n) is 6.99. The number of anilines is 1. The Bertz CT molecular complexity index is 847. The molecule has 1 fully saturated rings. The van der Waals surface area contributed by atoms with Gasteiger partial charge in [-0.25, -0.2) is 4.39 Å². The van der Waals surface area contributed by atoms with Crippen molar-refractivity contribution in [3.05, 3.63) is 59.9 Å². The molecule has 0 unspecified atom stereocenters. The lowest BCUT2D eigenvalue weighted by Gasteiger charge is -2.37. The van der Waals surface area contributed by atoms with Crippen LogP contribution in [-0.4, -0.2) is 67.7 Å². The Morgan fingerprint density at radius 1 is 1.03 bits per heavy atom. The first-order valence-electron chi connectivity index (χ1n) is 10.2. The zero-order valence-electron chi connectivity index (χ0n) is 17.1. The van der Waals surface area contributed by atoms with E-state index >= 15 is 0 Å². The summed E-state index contributed by atoms with van der Waals surface area (Å²) in [6.45, 7) is 6.94. The molecule has 1 aliphatic heterocycles. The number of phenolic OH excluding ortho intramolecular Hbond substituents is 1. The molecular formula is C22H28FN5O2. The number of amides is 1. The number of carbonyl (C=O) groups is 1. The predicted octanol–water partition coefficient (Wildman–Crippen LogP) is 2.05. The number of nitrogens with one attached hydrogen (secondary N) is 2. The lowest BCUT2D eigenvalue weighted by atomic mass is 10.2. The van der Waals surface area contributed by atoms with Crippen molar-refractivity contribution in [2.75, 3.05) is 50.7 Å². The number of benzene rings is 2. The number of hydrogen-bond donors (Lipinski definition) is 3. The fourth-order valence-corrected chi connectivity index (χ4v) is 3.30. The molecule has 3 N–H and O–H groups in total. The molecule has 160 valence electrons. The summed E-state index contributed by atoms with van der Waals surface area (Å²) in [4.78, 5) is 21.2. The minimum atomic E-state index is -0.226. The standard InChI is InChI=1S/C22H28FN5O2/c1-2-24-22(26-12-11-25-21(30)17-3-9-20(29)10-4-17)28-15-13-27(14-16-28)19-7-5-18(23)6-8-19/h3-10,29H,2,11-16H2,1H3,(H,24,26)(H,25,30). The van der Waals surface area contributed by atoms with Gasteiger partial charge in [0.1, 0.15) is 11.6 Å². The normalized spacial score (nSPS) is 14.5. The first-order valence-corrected chi connectivity index (χ1v) is 10.2. The summed E-state index contributed by atoms with van der Waals surface area (Å²) in [5, 5.41) is 15.4. The van der Waals surface area contributed by atoms with E-state index in [1.54, 1.807) is 24.3 Å². The summed E-state index contributed by atoms with van der Waals surface area (Å²) >= 11 is 0. The van der Waals surface area contributed by atoms with Crippen molar-refractivity contribution in [2.24, 2.45) is 4.99 Å². The van der Waals surface area contributed by atoms with Crippen LogP contribution in [0.25, 0.3) is 0 Å². The average molecular weight is 413 g/mol. The number of piperazine rings is 1. The number of rotatable bonds is 6. The number of carbonyl (C=O) groups excluding carboxylic acids is 1. The van der Waals surface area contributed by atoms with Gasteiger partial charge < -0.3 is 25.5 Å². The lowest BCUT2D eigenvalue weighted by Crippen LogP contribution is -2.52. The summed E-state index contributed by atoms with van der Waals surface area (Å²) in [6.07, 6.45) is 0. The number of aromatic hydroxyl groups is 1. The third kappa shape index (κ3) is 5.85. The zero-order chi connectivity index (χ0) is 21.3.